The molecular weight excluding hydrogens is 352 g/mol. The number of fused-ring (bicyclic) bond motifs is 2. The number of aromatic nitrogens is 1. The van der Waals surface area contributed by atoms with E-state index in [1.165, 1.54) is 0 Å². The van der Waals surface area contributed by atoms with Crippen LogP contribution >= 0.6 is 0 Å². The van der Waals surface area contributed by atoms with E-state index in [1.54, 1.807) is 19.4 Å². The second-order valence-corrected chi connectivity index (χ2v) is 6.30. The van der Waals surface area contributed by atoms with Gasteiger partial charge in [-0.3, -0.25) is 9.78 Å². The lowest BCUT2D eigenvalue weighted by atomic mass is 10.0. The fourth-order valence-electron chi connectivity index (χ4n) is 3.32. The lowest BCUT2D eigenvalue weighted by Crippen LogP contribution is -2.15. The Kier molecular flexibility index (Phi) is 4.81. The molecule has 5 nitrogen and oxygen atoms in total. The lowest BCUT2D eigenvalue weighted by Gasteiger charge is -2.15. The van der Waals surface area contributed by atoms with Crippen molar-refractivity contribution in [3.05, 3.63) is 72.4 Å². The number of benzene rings is 3. The zero-order chi connectivity index (χ0) is 19.5. The van der Waals surface area contributed by atoms with Gasteiger partial charge in [0.2, 0.25) is 0 Å². The molecule has 0 saturated carbocycles. The van der Waals surface area contributed by atoms with Gasteiger partial charge in [-0.05, 0) is 35.9 Å². The molecule has 1 N–H and O–H groups in total. The van der Waals surface area contributed by atoms with Crippen molar-refractivity contribution in [3.63, 3.8) is 0 Å². The van der Waals surface area contributed by atoms with Crippen molar-refractivity contribution in [2.75, 3.05) is 19.0 Å². The summed E-state index contributed by atoms with van der Waals surface area (Å²) in [6, 6.07) is 19.0. The smallest absolute Gasteiger partial charge is 0.260 e. The van der Waals surface area contributed by atoms with Crippen LogP contribution in [0.3, 0.4) is 0 Å². The molecule has 0 bridgehead atoms. The van der Waals surface area contributed by atoms with E-state index in [1.807, 2.05) is 61.5 Å². The molecule has 1 aromatic heterocycles. The molecule has 4 aromatic rings. The lowest BCUT2D eigenvalue weighted by molar-refractivity contribution is 0.102. The zero-order valence-electron chi connectivity index (χ0n) is 15.7. The number of methoxy groups -OCH3 is 1. The summed E-state index contributed by atoms with van der Waals surface area (Å²) in [6.07, 6.45) is 1.70. The largest absolute Gasteiger partial charge is 0.497 e. The molecular formula is C23H20N2O3. The van der Waals surface area contributed by atoms with Crippen molar-refractivity contribution in [2.45, 2.75) is 6.92 Å². The molecule has 0 spiro atoms. The van der Waals surface area contributed by atoms with E-state index in [2.05, 4.69) is 10.3 Å². The Hall–Kier alpha value is -3.60. The Morgan fingerprint density at radius 2 is 1.86 bits per heavy atom. The molecule has 1 amide bonds. The molecule has 0 atom stereocenters. The quantitative estimate of drug-likeness (QED) is 0.533. The molecule has 0 aliphatic carbocycles. The van der Waals surface area contributed by atoms with Crippen LogP contribution in [-0.4, -0.2) is 24.6 Å². The van der Waals surface area contributed by atoms with E-state index in [9.17, 15) is 4.79 Å². The molecule has 1 heterocycles. The molecule has 0 aliphatic heterocycles. The van der Waals surface area contributed by atoms with E-state index < -0.39 is 0 Å². The number of ether oxygens (including phenoxy) is 2. The number of nitrogens with one attached hydrogen (secondary N) is 1. The second kappa shape index (κ2) is 7.56. The second-order valence-electron chi connectivity index (χ2n) is 6.30. The monoisotopic (exact) mass is 372 g/mol. The number of rotatable bonds is 5. The van der Waals surface area contributed by atoms with Gasteiger partial charge in [0.25, 0.3) is 5.91 Å². The summed E-state index contributed by atoms with van der Waals surface area (Å²) in [5.74, 6) is 0.957. The van der Waals surface area contributed by atoms with Gasteiger partial charge in [-0.1, -0.05) is 36.4 Å². The van der Waals surface area contributed by atoms with E-state index in [-0.39, 0.29) is 5.91 Å². The maximum atomic E-state index is 13.3. The van der Waals surface area contributed by atoms with E-state index in [0.29, 0.717) is 34.9 Å². The van der Waals surface area contributed by atoms with E-state index >= 15 is 0 Å². The number of carbonyl (C=O) groups excluding carboxylic acids is 1. The fourth-order valence-corrected chi connectivity index (χ4v) is 3.32. The first-order valence-corrected chi connectivity index (χ1v) is 9.10. The third kappa shape index (κ3) is 3.22. The first-order valence-electron chi connectivity index (χ1n) is 9.10. The minimum Gasteiger partial charge on any atom is -0.497 e. The minimum absolute atomic E-state index is 0.250. The summed E-state index contributed by atoms with van der Waals surface area (Å²) in [7, 11) is 1.60. The Bertz CT molecular complexity index is 1170. The van der Waals surface area contributed by atoms with Gasteiger partial charge >= 0.3 is 0 Å². The van der Waals surface area contributed by atoms with Crippen LogP contribution in [0.25, 0.3) is 21.7 Å². The molecule has 0 saturated heterocycles. The highest BCUT2D eigenvalue weighted by atomic mass is 16.5. The zero-order valence-corrected chi connectivity index (χ0v) is 15.7. The molecule has 28 heavy (non-hydrogen) atoms. The summed E-state index contributed by atoms with van der Waals surface area (Å²) in [5.41, 5.74) is 1.80. The summed E-state index contributed by atoms with van der Waals surface area (Å²) in [5, 5.41) is 5.71. The average molecular weight is 372 g/mol. The van der Waals surface area contributed by atoms with Gasteiger partial charge in [0.1, 0.15) is 11.5 Å². The number of hydrogen-bond acceptors (Lipinski definition) is 4. The molecule has 3 aromatic carbocycles. The maximum Gasteiger partial charge on any atom is 0.260 e. The third-order valence-electron chi connectivity index (χ3n) is 4.58. The molecule has 0 radical (unpaired) electrons. The summed E-state index contributed by atoms with van der Waals surface area (Å²) >= 11 is 0. The van der Waals surface area contributed by atoms with Crippen LogP contribution in [0.2, 0.25) is 0 Å². The highest BCUT2D eigenvalue weighted by molar-refractivity contribution is 6.16. The van der Waals surface area contributed by atoms with Gasteiger partial charge in [-0.15, -0.1) is 0 Å². The standard InChI is InChI=1S/C23H20N2O3/c1-3-28-20-11-10-15-7-4-5-9-18(15)21(20)23(26)25-19-14-17(27-2)13-16-8-6-12-24-22(16)19/h4-14H,3H2,1-2H3,(H,25,26). The molecule has 4 rings (SSSR count). The number of pyridine rings is 1. The molecule has 0 aliphatic rings. The van der Waals surface area contributed by atoms with Crippen molar-refractivity contribution < 1.29 is 14.3 Å². The Morgan fingerprint density at radius 1 is 1.04 bits per heavy atom. The highest BCUT2D eigenvalue weighted by Crippen LogP contribution is 2.32. The van der Waals surface area contributed by atoms with E-state index in [0.717, 1.165) is 16.2 Å². The van der Waals surface area contributed by atoms with Gasteiger partial charge in [0, 0.05) is 17.6 Å². The van der Waals surface area contributed by atoms with Gasteiger partial charge in [-0.25, -0.2) is 0 Å². The Balaban J connectivity index is 1.83. The van der Waals surface area contributed by atoms with Crippen molar-refractivity contribution >= 4 is 33.3 Å². The van der Waals surface area contributed by atoms with Crippen molar-refractivity contribution in [3.8, 4) is 11.5 Å². The number of carbonyl (C=O) groups is 1. The number of amides is 1. The minimum atomic E-state index is -0.250. The molecule has 0 fully saturated rings. The van der Waals surface area contributed by atoms with Gasteiger partial charge < -0.3 is 14.8 Å². The Labute approximate surface area is 162 Å². The SMILES string of the molecule is CCOc1ccc2ccccc2c1C(=O)Nc1cc(OC)cc2cccnc12. The Morgan fingerprint density at radius 3 is 2.68 bits per heavy atom. The predicted octanol–water partition coefficient (Wildman–Crippen LogP) is 5.05. The van der Waals surface area contributed by atoms with E-state index in [4.69, 9.17) is 9.47 Å². The topological polar surface area (TPSA) is 60.5 Å². The van der Waals surface area contributed by atoms with Crippen molar-refractivity contribution in [1.29, 1.82) is 0 Å². The summed E-state index contributed by atoms with van der Waals surface area (Å²) < 4.78 is 11.1. The highest BCUT2D eigenvalue weighted by Gasteiger charge is 2.18. The van der Waals surface area contributed by atoms with Crippen LogP contribution in [0.15, 0.2) is 66.9 Å². The van der Waals surface area contributed by atoms with Gasteiger partial charge in [0.05, 0.1) is 30.5 Å². The third-order valence-corrected chi connectivity index (χ3v) is 4.58. The maximum absolute atomic E-state index is 13.3. The first-order chi connectivity index (χ1) is 13.7. The fraction of sp³-hybridized carbons (Fsp3) is 0.130. The molecule has 5 heteroatoms. The molecule has 0 unspecified atom stereocenters. The van der Waals surface area contributed by atoms with Crippen LogP contribution < -0.4 is 14.8 Å². The predicted molar refractivity (Wildman–Crippen MR) is 111 cm³/mol. The van der Waals surface area contributed by atoms with Crippen LogP contribution in [0.5, 0.6) is 11.5 Å². The van der Waals surface area contributed by atoms with Crippen LogP contribution in [-0.2, 0) is 0 Å². The van der Waals surface area contributed by atoms with Crippen molar-refractivity contribution in [2.24, 2.45) is 0 Å². The first kappa shape index (κ1) is 17.8. The summed E-state index contributed by atoms with van der Waals surface area (Å²) in [4.78, 5) is 17.7. The molecule has 140 valence electrons. The number of anilines is 1. The average Bonchev–Trinajstić information content (AvgIpc) is 2.73. The summed E-state index contributed by atoms with van der Waals surface area (Å²) in [6.45, 7) is 2.37. The number of hydrogen-bond donors (Lipinski definition) is 1. The van der Waals surface area contributed by atoms with Gasteiger partial charge in [-0.2, -0.15) is 0 Å². The number of nitrogens with zero attached hydrogens (tertiary/aromatic N) is 1. The van der Waals surface area contributed by atoms with Crippen LogP contribution in [0.4, 0.5) is 5.69 Å². The van der Waals surface area contributed by atoms with Crippen LogP contribution in [0.1, 0.15) is 17.3 Å². The van der Waals surface area contributed by atoms with Crippen molar-refractivity contribution in [1.82, 2.24) is 4.98 Å². The van der Waals surface area contributed by atoms with Gasteiger partial charge in [0.15, 0.2) is 0 Å². The normalized spacial score (nSPS) is 10.8. The van der Waals surface area contributed by atoms with Crippen LogP contribution in [0, 0.1) is 0 Å².